The Balaban J connectivity index is 2.06. The molecule has 150 valence electrons. The highest BCUT2D eigenvalue weighted by atomic mass is 16.5. The lowest BCUT2D eigenvalue weighted by molar-refractivity contribution is 0.132. The van der Waals surface area contributed by atoms with Crippen LogP contribution < -0.4 is 15.0 Å². The molecule has 1 N–H and O–H groups in total. The zero-order valence-corrected chi connectivity index (χ0v) is 16.5. The molecule has 0 bridgehead atoms. The molecule has 3 aromatic rings. The molecule has 7 nitrogen and oxygen atoms in total. The van der Waals surface area contributed by atoms with Crippen molar-refractivity contribution >= 4 is 10.9 Å². The summed E-state index contributed by atoms with van der Waals surface area (Å²) in [6.45, 7) is 1.63. The van der Waals surface area contributed by atoms with E-state index in [1.54, 1.807) is 37.2 Å². The van der Waals surface area contributed by atoms with Gasteiger partial charge in [0.25, 0.3) is 0 Å². The van der Waals surface area contributed by atoms with E-state index in [1.165, 1.54) is 0 Å². The van der Waals surface area contributed by atoms with Crippen LogP contribution in [0.1, 0.15) is 5.56 Å². The Morgan fingerprint density at radius 1 is 1.00 bits per heavy atom. The maximum absolute atomic E-state index is 8.68. The third kappa shape index (κ3) is 4.74. The van der Waals surface area contributed by atoms with Gasteiger partial charge < -0.3 is 18.9 Å². The Morgan fingerprint density at radius 3 is 2.34 bits per heavy atom. The molecule has 0 aliphatic heterocycles. The molecule has 7 heteroatoms. The zero-order chi connectivity index (χ0) is 20.6. The molecule has 0 unspecified atom stereocenters. The smallest absolute Gasteiger partial charge is 0.163 e. The quantitative estimate of drug-likeness (QED) is 0.446. The number of nitrogens with one attached hydrogen (secondary N) is 1. The summed E-state index contributed by atoms with van der Waals surface area (Å²) >= 11 is 0. The SMILES string of the molecule is C#Cc1cccc(-n2cnc3cc(OCCOC)c(OCCOC)cc3c2=N)c1. The maximum Gasteiger partial charge on any atom is 0.163 e. The molecule has 3 rings (SSSR count). The first kappa shape index (κ1) is 20.4. The van der Waals surface area contributed by atoms with E-state index in [4.69, 9.17) is 30.8 Å². The lowest BCUT2D eigenvalue weighted by Gasteiger charge is -2.15. The number of hydrogen-bond acceptors (Lipinski definition) is 6. The minimum atomic E-state index is 0.268. The second-order valence-corrected chi connectivity index (χ2v) is 6.16. The Kier molecular flexibility index (Phi) is 6.85. The molecule has 0 saturated carbocycles. The molecule has 1 heterocycles. The number of aromatic nitrogens is 2. The first-order valence-corrected chi connectivity index (χ1v) is 9.08. The van der Waals surface area contributed by atoms with Crippen LogP contribution in [-0.4, -0.2) is 50.2 Å². The summed E-state index contributed by atoms with van der Waals surface area (Å²) in [5.41, 5.74) is 2.40. The summed E-state index contributed by atoms with van der Waals surface area (Å²) in [6, 6.07) is 11.0. The first-order chi connectivity index (χ1) is 14.2. The molecule has 0 aliphatic rings. The minimum absolute atomic E-state index is 0.268. The first-order valence-electron chi connectivity index (χ1n) is 9.08. The van der Waals surface area contributed by atoms with Crippen molar-refractivity contribution in [3.05, 3.63) is 53.8 Å². The van der Waals surface area contributed by atoms with Gasteiger partial charge in [-0.3, -0.25) is 9.98 Å². The largest absolute Gasteiger partial charge is 0.487 e. The van der Waals surface area contributed by atoms with Crippen LogP contribution in [0.5, 0.6) is 11.5 Å². The van der Waals surface area contributed by atoms with Crippen molar-refractivity contribution < 1.29 is 18.9 Å². The highest BCUT2D eigenvalue weighted by Gasteiger charge is 2.12. The Hall–Kier alpha value is -3.34. The van der Waals surface area contributed by atoms with Crippen LogP contribution in [0, 0.1) is 17.8 Å². The normalized spacial score (nSPS) is 10.7. The molecule has 29 heavy (non-hydrogen) atoms. The van der Waals surface area contributed by atoms with Crippen molar-refractivity contribution in [3.63, 3.8) is 0 Å². The van der Waals surface area contributed by atoms with Crippen molar-refractivity contribution in [2.24, 2.45) is 0 Å². The molecule has 1 aromatic heterocycles. The molecule has 0 radical (unpaired) electrons. The number of nitrogens with zero attached hydrogens (tertiary/aromatic N) is 2. The van der Waals surface area contributed by atoms with Gasteiger partial charge in [-0.25, -0.2) is 4.98 Å². The second kappa shape index (κ2) is 9.73. The number of rotatable bonds is 9. The molecule has 0 aliphatic carbocycles. The molecule has 0 fully saturated rings. The maximum atomic E-state index is 8.68. The van der Waals surface area contributed by atoms with E-state index >= 15 is 0 Å². The topological polar surface area (TPSA) is 78.6 Å². The molecular formula is C22H23N3O4. The Morgan fingerprint density at radius 2 is 1.69 bits per heavy atom. The molecule has 0 amide bonds. The van der Waals surface area contributed by atoms with Gasteiger partial charge in [-0.2, -0.15) is 0 Å². The van der Waals surface area contributed by atoms with Gasteiger partial charge in [-0.15, -0.1) is 6.42 Å². The van der Waals surface area contributed by atoms with Crippen molar-refractivity contribution in [2.75, 3.05) is 40.6 Å². The van der Waals surface area contributed by atoms with Gasteiger partial charge in [0.2, 0.25) is 0 Å². The van der Waals surface area contributed by atoms with Gasteiger partial charge in [0, 0.05) is 36.9 Å². The van der Waals surface area contributed by atoms with Crippen LogP contribution in [0.15, 0.2) is 42.7 Å². The van der Waals surface area contributed by atoms with Gasteiger partial charge in [0.15, 0.2) is 11.5 Å². The Bertz CT molecular complexity index is 1090. The summed E-state index contributed by atoms with van der Waals surface area (Å²) in [6.07, 6.45) is 7.10. The fourth-order valence-corrected chi connectivity index (χ4v) is 2.79. The van der Waals surface area contributed by atoms with Gasteiger partial charge in [-0.05, 0) is 24.3 Å². The lowest BCUT2D eigenvalue weighted by Crippen LogP contribution is -2.19. The Labute approximate surface area is 169 Å². The van der Waals surface area contributed by atoms with Crippen molar-refractivity contribution in [1.82, 2.24) is 9.55 Å². The lowest BCUT2D eigenvalue weighted by atomic mass is 10.2. The van der Waals surface area contributed by atoms with E-state index in [0.717, 1.165) is 11.3 Å². The average molecular weight is 393 g/mol. The van der Waals surface area contributed by atoms with E-state index in [1.807, 2.05) is 24.3 Å². The second-order valence-electron chi connectivity index (χ2n) is 6.16. The number of fused-ring (bicyclic) bond motifs is 1. The van der Waals surface area contributed by atoms with Crippen LogP contribution in [0.3, 0.4) is 0 Å². The summed E-state index contributed by atoms with van der Waals surface area (Å²) in [5.74, 6) is 3.68. The molecule has 2 aromatic carbocycles. The number of methoxy groups -OCH3 is 2. The van der Waals surface area contributed by atoms with Gasteiger partial charge in [0.05, 0.1) is 18.7 Å². The van der Waals surface area contributed by atoms with Crippen molar-refractivity contribution in [2.45, 2.75) is 0 Å². The van der Waals surface area contributed by atoms with Crippen LogP contribution >= 0.6 is 0 Å². The minimum Gasteiger partial charge on any atom is -0.487 e. The summed E-state index contributed by atoms with van der Waals surface area (Å²) in [4.78, 5) is 4.50. The fourth-order valence-electron chi connectivity index (χ4n) is 2.79. The number of hydrogen-bond donors (Lipinski definition) is 1. The van der Waals surface area contributed by atoms with Gasteiger partial charge in [0.1, 0.15) is 25.0 Å². The molecule has 0 atom stereocenters. The highest BCUT2D eigenvalue weighted by Crippen LogP contribution is 2.31. The molecule has 0 spiro atoms. The van der Waals surface area contributed by atoms with Crippen LogP contribution in [0.2, 0.25) is 0 Å². The van der Waals surface area contributed by atoms with Crippen LogP contribution in [0.25, 0.3) is 16.6 Å². The number of ether oxygens (including phenoxy) is 4. The summed E-state index contributed by atoms with van der Waals surface area (Å²) in [5, 5.41) is 9.31. The molecule has 0 saturated heterocycles. The van der Waals surface area contributed by atoms with Crippen LogP contribution in [0.4, 0.5) is 0 Å². The van der Waals surface area contributed by atoms with E-state index < -0.39 is 0 Å². The van der Waals surface area contributed by atoms with Gasteiger partial charge >= 0.3 is 0 Å². The summed E-state index contributed by atoms with van der Waals surface area (Å²) in [7, 11) is 3.22. The van der Waals surface area contributed by atoms with E-state index in [0.29, 0.717) is 48.8 Å². The monoisotopic (exact) mass is 393 g/mol. The highest BCUT2D eigenvalue weighted by molar-refractivity contribution is 5.81. The van der Waals surface area contributed by atoms with Crippen molar-refractivity contribution in [1.29, 1.82) is 5.41 Å². The summed E-state index contributed by atoms with van der Waals surface area (Å²) < 4.78 is 23.4. The number of benzene rings is 2. The van der Waals surface area contributed by atoms with E-state index in [2.05, 4.69) is 10.9 Å². The fraction of sp³-hybridized carbons (Fsp3) is 0.273. The van der Waals surface area contributed by atoms with E-state index in [9.17, 15) is 0 Å². The van der Waals surface area contributed by atoms with E-state index in [-0.39, 0.29) is 5.49 Å². The number of terminal acetylenes is 1. The third-order valence-electron chi connectivity index (χ3n) is 4.25. The van der Waals surface area contributed by atoms with Crippen molar-refractivity contribution in [3.8, 4) is 29.5 Å². The zero-order valence-electron chi connectivity index (χ0n) is 16.5. The predicted octanol–water partition coefficient (Wildman–Crippen LogP) is 2.54. The van der Waals surface area contributed by atoms with Gasteiger partial charge in [-0.1, -0.05) is 12.0 Å². The average Bonchev–Trinajstić information content (AvgIpc) is 2.75. The molecular weight excluding hydrogens is 370 g/mol. The standard InChI is InChI=1S/C22H23N3O4/c1-4-16-6-5-7-17(12-16)25-15-24-19-14-21(29-11-9-27-3)20(28-10-8-26-2)13-18(19)22(25)23/h1,5-7,12-15,23H,8-11H2,2-3H3. The van der Waals surface area contributed by atoms with Crippen LogP contribution in [-0.2, 0) is 9.47 Å². The third-order valence-corrected chi connectivity index (χ3v) is 4.25. The predicted molar refractivity (Wildman–Crippen MR) is 110 cm³/mol.